The third-order valence-electron chi connectivity index (χ3n) is 11.0. The fourth-order valence-corrected chi connectivity index (χ4v) is 6.69. The zero-order valence-corrected chi connectivity index (χ0v) is 49.9. The van der Waals surface area contributed by atoms with E-state index in [-0.39, 0.29) is 69.2 Å². The minimum Gasteiger partial charge on any atom is -0.510 e. The molecular weight excluding hydrogens is 1230 g/mol. The number of nitrogens with two attached hydrogens (primary N) is 6. The predicted octanol–water partition coefficient (Wildman–Crippen LogP) is 9.59. The molecule has 0 spiro atoms. The van der Waals surface area contributed by atoms with E-state index in [2.05, 4.69) is 47.7 Å². The Labute approximate surface area is 532 Å². The van der Waals surface area contributed by atoms with E-state index in [9.17, 15) is 78.9 Å². The molecule has 0 aromatic heterocycles. The van der Waals surface area contributed by atoms with Crippen LogP contribution in [0.2, 0.25) is 0 Å². The molecule has 0 saturated carbocycles. The van der Waals surface area contributed by atoms with E-state index in [0.29, 0.717) is 51.9 Å². The van der Waals surface area contributed by atoms with Crippen LogP contribution < -0.4 is 50.4 Å². The Morgan fingerprint density at radius 1 is 0.500 bits per heavy atom. The van der Waals surface area contributed by atoms with Gasteiger partial charge in [0.2, 0.25) is 23.6 Å². The van der Waals surface area contributed by atoms with E-state index in [4.69, 9.17) is 34.4 Å². The van der Waals surface area contributed by atoms with Gasteiger partial charge in [0, 0.05) is 87.2 Å². The summed E-state index contributed by atoms with van der Waals surface area (Å²) in [5, 5.41) is 73.3. The van der Waals surface area contributed by atoms with Crippen LogP contribution in [0, 0.1) is 30.3 Å². The third-order valence-corrected chi connectivity index (χ3v) is 11.0. The average molecular weight is 1290 g/mol. The number of hydrogen-bond acceptors (Lipinski definition) is 24. The SMILES string of the molecule is C=C1CC(=O)O1.CC(=O)CC(=O)Nc1cccc([N+](=O)[O-])c1.CC(O)=C(N=Nc1cccc(C(N)=O)c1)C(=O)Nc1cccc(N)c1.CC(O)=C(N=Nc1cccc(C(N)=O)c1)C(=O)Nc1cccc([N+](=O)[O-])c1.NC(=O)c1cccc(N)c1.Nc1cccc([N+](=O)[O-])c1. The lowest BCUT2D eigenvalue weighted by atomic mass is 10.2. The van der Waals surface area contributed by atoms with Crippen LogP contribution in [0.5, 0.6) is 0 Å². The van der Waals surface area contributed by atoms with Crippen LogP contribution in [0.25, 0.3) is 0 Å². The van der Waals surface area contributed by atoms with Crippen molar-refractivity contribution >= 4 is 110 Å². The maximum Gasteiger partial charge on any atom is 0.318 e. The lowest BCUT2D eigenvalue weighted by Gasteiger charge is -2.12. The number of benzene rings is 7. The molecule has 94 heavy (non-hydrogen) atoms. The Morgan fingerprint density at radius 3 is 1.14 bits per heavy atom. The lowest BCUT2D eigenvalue weighted by molar-refractivity contribution is -0.385. The number of allylic oxidation sites excluding steroid dienone is 2. The Hall–Kier alpha value is -13.9. The number of anilines is 6. The fraction of sp³-hybridized carbons (Fsp3) is 0.0820. The molecule has 1 fully saturated rings. The van der Waals surface area contributed by atoms with Crippen LogP contribution in [-0.2, 0) is 28.7 Å². The van der Waals surface area contributed by atoms with Crippen molar-refractivity contribution in [2.75, 3.05) is 33.2 Å². The van der Waals surface area contributed by atoms with Crippen molar-refractivity contribution in [1.82, 2.24) is 0 Å². The molecule has 1 aliphatic heterocycles. The van der Waals surface area contributed by atoms with E-state index in [1.807, 2.05) is 0 Å². The summed E-state index contributed by atoms with van der Waals surface area (Å²) >= 11 is 0. The molecule has 0 atom stereocenters. The summed E-state index contributed by atoms with van der Waals surface area (Å²) in [7, 11) is 0. The van der Waals surface area contributed by atoms with Gasteiger partial charge in [-0.2, -0.15) is 10.2 Å². The van der Waals surface area contributed by atoms with Crippen LogP contribution in [0.3, 0.4) is 0 Å². The van der Waals surface area contributed by atoms with Gasteiger partial charge in [-0.25, -0.2) is 0 Å². The number of nitro benzene ring substituents is 3. The van der Waals surface area contributed by atoms with E-state index in [1.165, 1.54) is 112 Å². The molecule has 33 nitrogen and oxygen atoms in total. The van der Waals surface area contributed by atoms with Gasteiger partial charge in [-0.05, 0) is 112 Å². The Morgan fingerprint density at radius 2 is 0.830 bits per heavy atom. The quantitative estimate of drug-likeness (QED) is 0.00590. The van der Waals surface area contributed by atoms with Crippen LogP contribution in [0.15, 0.2) is 226 Å². The molecule has 1 saturated heterocycles. The van der Waals surface area contributed by atoms with Crippen molar-refractivity contribution in [2.45, 2.75) is 33.6 Å². The normalized spacial score (nSPS) is 11.4. The zero-order chi connectivity index (χ0) is 70.2. The Kier molecular flexibility index (Phi) is 29.3. The number of amides is 6. The first-order valence-electron chi connectivity index (χ1n) is 26.5. The number of carbonyl (C=O) groups excluding carboxylic acids is 8. The number of azo groups is 2. The molecule has 1 heterocycles. The number of primary amides is 3. The van der Waals surface area contributed by atoms with Gasteiger partial charge in [0.15, 0.2) is 11.4 Å². The van der Waals surface area contributed by atoms with E-state index in [0.717, 1.165) is 6.07 Å². The van der Waals surface area contributed by atoms with Crippen LogP contribution in [-0.4, -0.2) is 72.2 Å². The number of nitrogens with zero attached hydrogens (tertiary/aromatic N) is 7. The van der Waals surface area contributed by atoms with E-state index < -0.39 is 61.7 Å². The monoisotopic (exact) mass is 1290 g/mol. The smallest absolute Gasteiger partial charge is 0.318 e. The van der Waals surface area contributed by atoms with Gasteiger partial charge >= 0.3 is 5.97 Å². The molecule has 0 unspecified atom stereocenters. The summed E-state index contributed by atoms with van der Waals surface area (Å²) in [6, 6.07) is 41.8. The van der Waals surface area contributed by atoms with Gasteiger partial charge < -0.3 is 65.3 Å². The second kappa shape index (κ2) is 37.1. The number of ether oxygens (including phenoxy) is 1. The molecule has 6 amide bonds. The molecule has 8 rings (SSSR count). The number of nitro groups is 3. The highest BCUT2D eigenvalue weighted by Gasteiger charge is 2.19. The predicted molar refractivity (Wildman–Crippen MR) is 345 cm³/mol. The lowest BCUT2D eigenvalue weighted by Crippen LogP contribution is -2.15. The molecule has 0 aliphatic carbocycles. The number of nitrogens with one attached hydrogen (secondary N) is 3. The van der Waals surface area contributed by atoms with Gasteiger partial charge in [-0.1, -0.05) is 49.0 Å². The van der Waals surface area contributed by atoms with Crippen molar-refractivity contribution in [1.29, 1.82) is 0 Å². The largest absolute Gasteiger partial charge is 0.510 e. The molecular formula is C61H60N16O17. The summed E-state index contributed by atoms with van der Waals surface area (Å²) in [5.74, 6) is -4.21. The fourth-order valence-electron chi connectivity index (χ4n) is 6.69. The first-order chi connectivity index (χ1) is 44.3. The van der Waals surface area contributed by atoms with Gasteiger partial charge in [-0.15, -0.1) is 10.2 Å². The molecule has 33 heteroatoms. The van der Waals surface area contributed by atoms with Crippen molar-refractivity contribution in [3.8, 4) is 0 Å². The van der Waals surface area contributed by atoms with Crippen LogP contribution in [0.1, 0.15) is 64.7 Å². The topological polar surface area (TPSA) is 557 Å². The number of esters is 1. The third kappa shape index (κ3) is 27.4. The summed E-state index contributed by atoms with van der Waals surface area (Å²) in [6.07, 6.45) is 0.183. The first-order valence-corrected chi connectivity index (χ1v) is 26.5. The van der Waals surface area contributed by atoms with Crippen LogP contribution in [0.4, 0.5) is 62.6 Å². The maximum absolute atomic E-state index is 12.3. The summed E-state index contributed by atoms with van der Waals surface area (Å²) in [4.78, 5) is 119. The van der Waals surface area contributed by atoms with Crippen molar-refractivity contribution in [2.24, 2.45) is 37.7 Å². The Balaban J connectivity index is 0.000000313. The number of aliphatic hydroxyl groups excluding tert-OH is 2. The van der Waals surface area contributed by atoms with Gasteiger partial charge in [0.25, 0.3) is 28.9 Å². The first kappa shape index (κ1) is 74.4. The molecule has 7 aromatic rings. The number of Topliss-reactive ketones (excluding diaryl/α,β-unsaturated/α-hetero) is 1. The molecule has 17 N–H and O–H groups in total. The maximum atomic E-state index is 12.3. The number of nitrogen functional groups attached to an aromatic ring is 3. The summed E-state index contributed by atoms with van der Waals surface area (Å²) in [6.45, 7) is 7.22. The zero-order valence-electron chi connectivity index (χ0n) is 49.9. The number of hydrogen-bond donors (Lipinski definition) is 11. The van der Waals surface area contributed by atoms with E-state index >= 15 is 0 Å². The van der Waals surface area contributed by atoms with Crippen molar-refractivity contribution in [3.63, 3.8) is 0 Å². The standard InChI is InChI=1S/C17H15N5O5.C17H17N5O3.C10H10N2O4.C7H8N2O.C6H6N2O2.C4H4O2/c1-10(23)15(21-20-13-6-2-4-11(8-13)16(18)24)17(25)19-12-5-3-7-14(9-12)22(26)27;1-10(23)15(17(25)20-13-6-3-5-12(18)9-13)22-21-14-7-2-4-11(8-14)16(19)24;1-7(13)5-10(14)11-8-3-2-4-9(6-8)12(15)16;8-6-3-1-2-5(4-6)7(9)10;7-5-2-1-3-6(4-5)8(9)10;1-3-2-4(5)6-3/h2-9,23H,1H3,(H2,18,24)(H,19,25);2-9,23H,18H2,1H3,(H2,19,24)(H,20,25);2-4,6H,5H2,1H3,(H,11,14);1-4H,8H2,(H2,9,10);1-4H,7H2;1-2H2. The van der Waals surface area contributed by atoms with Crippen molar-refractivity contribution < 1.29 is 68.1 Å². The summed E-state index contributed by atoms with van der Waals surface area (Å²) < 4.78 is 4.31. The molecule has 7 aromatic carbocycles. The van der Waals surface area contributed by atoms with Gasteiger partial charge in [0.1, 0.15) is 29.5 Å². The molecule has 486 valence electrons. The van der Waals surface area contributed by atoms with Crippen LogP contribution >= 0.6 is 0 Å². The number of rotatable bonds is 17. The number of aliphatic hydroxyl groups is 2. The van der Waals surface area contributed by atoms with Gasteiger partial charge in [-0.3, -0.25) is 68.7 Å². The molecule has 1 aliphatic rings. The van der Waals surface area contributed by atoms with Crippen molar-refractivity contribution in [3.05, 3.63) is 252 Å². The highest BCUT2D eigenvalue weighted by molar-refractivity contribution is 6.05. The number of carbonyl (C=O) groups is 8. The minimum atomic E-state index is -0.815. The highest BCUT2D eigenvalue weighted by Crippen LogP contribution is 2.23. The molecule has 0 radical (unpaired) electrons. The van der Waals surface area contributed by atoms with E-state index in [1.54, 1.807) is 72.8 Å². The van der Waals surface area contributed by atoms with Gasteiger partial charge in [0.05, 0.1) is 32.6 Å². The summed E-state index contributed by atoms with van der Waals surface area (Å²) in [5.41, 5.74) is 34.6. The number of cyclic esters (lactones) is 1. The highest BCUT2D eigenvalue weighted by atomic mass is 16.6. The minimum absolute atomic E-state index is 0.0278. The second-order valence-corrected chi connectivity index (χ2v) is 18.7. The Bertz CT molecular complexity index is 4060. The second-order valence-electron chi connectivity index (χ2n) is 18.7. The molecule has 0 bridgehead atoms. The number of non-ortho nitro benzene ring substituents is 3. The number of ketones is 1. The average Bonchev–Trinajstić information content (AvgIpc) is 1.05.